The lowest BCUT2D eigenvalue weighted by molar-refractivity contribution is -0.144. The lowest BCUT2D eigenvalue weighted by Crippen LogP contribution is -2.30. The summed E-state index contributed by atoms with van der Waals surface area (Å²) < 4.78 is 10.3. The van der Waals surface area contributed by atoms with Gasteiger partial charge in [0.2, 0.25) is 0 Å². The molecule has 2 atom stereocenters. The fourth-order valence-electron chi connectivity index (χ4n) is 6.38. The summed E-state index contributed by atoms with van der Waals surface area (Å²) in [6.07, 6.45) is 20.0. The van der Waals surface area contributed by atoms with Gasteiger partial charge >= 0.3 is 5.97 Å². The van der Waals surface area contributed by atoms with Crippen LogP contribution in [0.1, 0.15) is 115 Å². The average Bonchev–Trinajstić information content (AvgIpc) is 2.91. The molecule has 4 rings (SSSR count). The van der Waals surface area contributed by atoms with Gasteiger partial charge in [-0.1, -0.05) is 57.1 Å². The Hall–Kier alpha value is -1.55. The van der Waals surface area contributed by atoms with Gasteiger partial charge in [-0.15, -0.1) is 0 Å². The molecule has 0 aromatic heterocycles. The van der Waals surface area contributed by atoms with Gasteiger partial charge in [-0.05, 0) is 106 Å². The first-order valence-corrected chi connectivity index (χ1v) is 14.7. The molecular weight excluding hydrogens is 434 g/mol. The van der Waals surface area contributed by atoms with E-state index in [1.807, 2.05) is 19.1 Å². The summed E-state index contributed by atoms with van der Waals surface area (Å²) >= 11 is 0. The second-order valence-corrected chi connectivity index (χ2v) is 11.2. The Morgan fingerprint density at radius 3 is 1.91 bits per heavy atom. The number of methoxy groups -OCH3 is 1. The smallest absolute Gasteiger partial charge is 0.306 e. The van der Waals surface area contributed by atoms with Crippen LogP contribution in [0.5, 0.6) is 5.75 Å². The van der Waals surface area contributed by atoms with Crippen molar-refractivity contribution < 1.29 is 14.3 Å². The SMILES string of the molecule is C1CCC(CNCC2CCCCC2)CC1.CCOC(=O)CC1CCCC(c2ccc(OC)cc2)C1. The van der Waals surface area contributed by atoms with Gasteiger partial charge in [-0.25, -0.2) is 0 Å². The molecule has 1 aromatic rings. The van der Waals surface area contributed by atoms with Gasteiger partial charge in [0.15, 0.2) is 0 Å². The Kier molecular flexibility index (Phi) is 13.0. The molecule has 2 unspecified atom stereocenters. The number of carbonyl (C=O) groups excluding carboxylic acids is 1. The molecule has 0 heterocycles. The summed E-state index contributed by atoms with van der Waals surface area (Å²) in [7, 11) is 1.69. The zero-order valence-corrected chi connectivity index (χ0v) is 22.6. The van der Waals surface area contributed by atoms with Crippen molar-refractivity contribution in [3.05, 3.63) is 29.8 Å². The fourth-order valence-corrected chi connectivity index (χ4v) is 6.38. The Morgan fingerprint density at radius 1 is 0.800 bits per heavy atom. The lowest BCUT2D eigenvalue weighted by atomic mass is 9.77. The fraction of sp³-hybridized carbons (Fsp3) is 0.774. The van der Waals surface area contributed by atoms with Crippen molar-refractivity contribution in [1.29, 1.82) is 0 Å². The number of esters is 1. The van der Waals surface area contributed by atoms with Crippen LogP contribution in [-0.2, 0) is 9.53 Å². The van der Waals surface area contributed by atoms with Crippen LogP contribution >= 0.6 is 0 Å². The van der Waals surface area contributed by atoms with Crippen LogP contribution in [0.2, 0.25) is 0 Å². The van der Waals surface area contributed by atoms with Gasteiger partial charge in [0, 0.05) is 6.42 Å². The molecule has 4 heteroatoms. The van der Waals surface area contributed by atoms with Crippen molar-refractivity contribution in [2.24, 2.45) is 17.8 Å². The maximum atomic E-state index is 11.6. The molecule has 0 amide bonds. The van der Waals surface area contributed by atoms with Crippen LogP contribution in [0.3, 0.4) is 0 Å². The molecule has 1 aromatic carbocycles. The maximum absolute atomic E-state index is 11.6. The van der Waals surface area contributed by atoms with E-state index in [4.69, 9.17) is 9.47 Å². The van der Waals surface area contributed by atoms with Crippen LogP contribution < -0.4 is 10.1 Å². The van der Waals surface area contributed by atoms with E-state index >= 15 is 0 Å². The van der Waals surface area contributed by atoms with Crippen LogP contribution in [0.25, 0.3) is 0 Å². The Labute approximate surface area is 214 Å². The summed E-state index contributed by atoms with van der Waals surface area (Å²) in [5.74, 6) is 3.88. The number of hydrogen-bond acceptors (Lipinski definition) is 4. The molecule has 3 fully saturated rings. The van der Waals surface area contributed by atoms with Crippen LogP contribution in [0.15, 0.2) is 24.3 Å². The average molecular weight is 486 g/mol. The third-order valence-electron chi connectivity index (χ3n) is 8.45. The number of hydrogen-bond donors (Lipinski definition) is 1. The minimum Gasteiger partial charge on any atom is -0.497 e. The van der Waals surface area contributed by atoms with E-state index in [2.05, 4.69) is 17.4 Å². The van der Waals surface area contributed by atoms with Crippen LogP contribution in [0, 0.1) is 17.8 Å². The molecule has 0 spiro atoms. The highest BCUT2D eigenvalue weighted by Crippen LogP contribution is 2.38. The van der Waals surface area contributed by atoms with E-state index in [1.54, 1.807) is 7.11 Å². The van der Waals surface area contributed by atoms with E-state index in [0.717, 1.165) is 30.4 Å². The molecular formula is C31H51NO3. The standard InChI is InChI=1S/C17H24O3.C14H27N/c1-3-20-17(18)12-13-5-4-6-15(11-13)14-7-9-16(19-2)10-8-14;1-3-7-13(8-4-1)11-15-12-14-9-5-2-6-10-14/h7-10,13,15H,3-6,11-12H2,1-2H3;13-15H,1-12H2. The normalized spacial score (nSPS) is 23.7. The predicted molar refractivity (Wildman–Crippen MR) is 145 cm³/mol. The number of benzene rings is 1. The second kappa shape index (κ2) is 16.2. The molecule has 35 heavy (non-hydrogen) atoms. The third kappa shape index (κ3) is 10.5. The molecule has 1 N–H and O–H groups in total. The molecule has 3 aliphatic carbocycles. The van der Waals surface area contributed by atoms with E-state index in [0.29, 0.717) is 24.9 Å². The van der Waals surface area contributed by atoms with Gasteiger partial charge in [0.25, 0.3) is 0 Å². The van der Waals surface area contributed by atoms with Gasteiger partial charge < -0.3 is 14.8 Å². The van der Waals surface area contributed by atoms with Gasteiger partial charge in [0.1, 0.15) is 5.75 Å². The summed E-state index contributed by atoms with van der Waals surface area (Å²) in [5.41, 5.74) is 1.36. The Bertz CT molecular complexity index is 674. The molecule has 0 radical (unpaired) electrons. The number of nitrogens with one attached hydrogen (secondary N) is 1. The predicted octanol–water partition coefficient (Wildman–Crippen LogP) is 7.66. The van der Waals surface area contributed by atoms with Crippen molar-refractivity contribution in [2.45, 2.75) is 109 Å². The van der Waals surface area contributed by atoms with Gasteiger partial charge in [-0.2, -0.15) is 0 Å². The van der Waals surface area contributed by atoms with Crippen molar-refractivity contribution in [3.63, 3.8) is 0 Å². The summed E-state index contributed by atoms with van der Waals surface area (Å²) in [6.45, 7) is 4.94. The molecule has 3 saturated carbocycles. The highest BCUT2D eigenvalue weighted by atomic mass is 16.5. The summed E-state index contributed by atoms with van der Waals surface area (Å²) in [6, 6.07) is 8.33. The van der Waals surface area contributed by atoms with Crippen molar-refractivity contribution in [2.75, 3.05) is 26.8 Å². The topological polar surface area (TPSA) is 47.6 Å². The number of rotatable bonds is 9. The van der Waals surface area contributed by atoms with E-state index in [9.17, 15) is 4.79 Å². The van der Waals surface area contributed by atoms with Crippen molar-refractivity contribution in [1.82, 2.24) is 5.32 Å². The minimum absolute atomic E-state index is 0.0483. The first kappa shape index (κ1) is 28.0. The van der Waals surface area contributed by atoms with E-state index in [-0.39, 0.29) is 5.97 Å². The lowest BCUT2D eigenvalue weighted by Gasteiger charge is -2.29. The molecule has 0 saturated heterocycles. The van der Waals surface area contributed by atoms with Crippen molar-refractivity contribution in [3.8, 4) is 5.75 Å². The van der Waals surface area contributed by atoms with Crippen LogP contribution in [-0.4, -0.2) is 32.8 Å². The Balaban J connectivity index is 0.000000203. The maximum Gasteiger partial charge on any atom is 0.306 e. The second-order valence-electron chi connectivity index (χ2n) is 11.2. The molecule has 0 bridgehead atoms. The van der Waals surface area contributed by atoms with Crippen LogP contribution in [0.4, 0.5) is 0 Å². The summed E-state index contributed by atoms with van der Waals surface area (Å²) in [5, 5.41) is 3.72. The highest BCUT2D eigenvalue weighted by Gasteiger charge is 2.25. The largest absolute Gasteiger partial charge is 0.497 e. The quantitative estimate of drug-likeness (QED) is 0.365. The monoisotopic (exact) mass is 485 g/mol. The molecule has 0 aliphatic heterocycles. The minimum atomic E-state index is -0.0483. The molecule has 4 nitrogen and oxygen atoms in total. The number of ether oxygens (including phenoxy) is 2. The highest BCUT2D eigenvalue weighted by molar-refractivity contribution is 5.69. The Morgan fingerprint density at radius 2 is 1.37 bits per heavy atom. The zero-order chi connectivity index (χ0) is 24.7. The summed E-state index contributed by atoms with van der Waals surface area (Å²) in [4.78, 5) is 11.6. The van der Waals surface area contributed by atoms with Gasteiger partial charge in [-0.3, -0.25) is 4.79 Å². The first-order chi connectivity index (χ1) is 17.2. The van der Waals surface area contributed by atoms with E-state index in [1.165, 1.54) is 95.7 Å². The molecule has 3 aliphatic rings. The first-order valence-electron chi connectivity index (χ1n) is 14.7. The van der Waals surface area contributed by atoms with Gasteiger partial charge in [0.05, 0.1) is 13.7 Å². The third-order valence-corrected chi connectivity index (χ3v) is 8.45. The van der Waals surface area contributed by atoms with Crippen molar-refractivity contribution >= 4 is 5.97 Å². The zero-order valence-electron chi connectivity index (χ0n) is 22.6. The number of carbonyl (C=O) groups is 1. The molecule has 198 valence electrons. The van der Waals surface area contributed by atoms with E-state index < -0.39 is 0 Å².